The molecule has 3 rings (SSSR count). The van der Waals surface area contributed by atoms with Gasteiger partial charge in [0.1, 0.15) is 0 Å². The van der Waals surface area contributed by atoms with Crippen molar-refractivity contribution in [3.63, 3.8) is 0 Å². The quantitative estimate of drug-likeness (QED) is 0.847. The number of carbonyl (C=O) groups is 1. The minimum atomic E-state index is 0.274. The first-order chi connectivity index (χ1) is 11.5. The van der Waals surface area contributed by atoms with Crippen LogP contribution in [0.25, 0.3) is 0 Å². The van der Waals surface area contributed by atoms with Crippen molar-refractivity contribution in [2.45, 2.75) is 58.3 Å². The molecule has 6 nitrogen and oxygen atoms in total. The first-order valence-corrected chi connectivity index (χ1v) is 9.36. The van der Waals surface area contributed by atoms with Crippen LogP contribution in [0.5, 0.6) is 0 Å². The highest BCUT2D eigenvalue weighted by Gasteiger charge is 2.28. The van der Waals surface area contributed by atoms with Crippen molar-refractivity contribution in [3.05, 3.63) is 11.8 Å². The summed E-state index contributed by atoms with van der Waals surface area (Å²) >= 11 is 0. The first kappa shape index (κ1) is 17.4. The fourth-order valence-electron chi connectivity index (χ4n) is 3.53. The smallest absolute Gasteiger partial charge is 0.236 e. The van der Waals surface area contributed by atoms with Gasteiger partial charge in [-0.2, -0.15) is 0 Å². The molecule has 0 unspecified atom stereocenters. The van der Waals surface area contributed by atoms with Crippen LogP contribution in [0.3, 0.4) is 0 Å². The minimum absolute atomic E-state index is 0.274. The highest BCUT2D eigenvalue weighted by Crippen LogP contribution is 2.28. The van der Waals surface area contributed by atoms with E-state index >= 15 is 0 Å². The van der Waals surface area contributed by atoms with Crippen LogP contribution >= 0.6 is 0 Å². The molecular weight excluding hydrogens is 304 g/mol. The lowest BCUT2D eigenvalue weighted by atomic mass is 9.96. The summed E-state index contributed by atoms with van der Waals surface area (Å²) in [4.78, 5) is 16.8. The molecule has 1 amide bonds. The number of hydrogen-bond donors (Lipinski definition) is 0. The number of likely N-dealkylation sites (tertiary alicyclic amines) is 2. The van der Waals surface area contributed by atoms with E-state index in [9.17, 15) is 4.79 Å². The summed E-state index contributed by atoms with van der Waals surface area (Å²) < 4.78 is 5.79. The Labute approximate surface area is 144 Å². The van der Waals surface area contributed by atoms with E-state index in [-0.39, 0.29) is 5.92 Å². The van der Waals surface area contributed by atoms with Gasteiger partial charge in [-0.25, -0.2) is 0 Å². The fourth-order valence-corrected chi connectivity index (χ4v) is 3.53. The van der Waals surface area contributed by atoms with Crippen LogP contribution in [0, 0.1) is 5.92 Å². The molecule has 0 aromatic carbocycles. The average molecular weight is 334 g/mol. The van der Waals surface area contributed by atoms with Crippen LogP contribution < -0.4 is 0 Å². The lowest BCUT2D eigenvalue weighted by Gasteiger charge is -2.34. The zero-order valence-electron chi connectivity index (χ0n) is 15.2. The Balaban J connectivity index is 1.45. The van der Waals surface area contributed by atoms with Crippen molar-refractivity contribution in [1.29, 1.82) is 0 Å². The molecule has 0 aliphatic carbocycles. The van der Waals surface area contributed by atoms with Gasteiger partial charge in [-0.1, -0.05) is 20.8 Å². The molecule has 6 heteroatoms. The zero-order chi connectivity index (χ0) is 17.1. The number of carbonyl (C=O) groups excluding carboxylic acids is 1. The van der Waals surface area contributed by atoms with E-state index in [1.807, 2.05) is 4.90 Å². The average Bonchev–Trinajstić information content (AvgIpc) is 3.06. The predicted octanol–water partition coefficient (Wildman–Crippen LogP) is 2.63. The third-order valence-electron chi connectivity index (χ3n) is 5.38. The Morgan fingerprint density at radius 2 is 1.79 bits per heavy atom. The second-order valence-electron chi connectivity index (χ2n) is 7.75. The summed E-state index contributed by atoms with van der Waals surface area (Å²) in [5, 5.41) is 8.35. The number of aromatic nitrogens is 2. The van der Waals surface area contributed by atoms with Crippen LogP contribution in [0.15, 0.2) is 4.42 Å². The Bertz CT molecular complexity index is 541. The van der Waals surface area contributed by atoms with Gasteiger partial charge in [0.15, 0.2) is 0 Å². The molecule has 3 heterocycles. The normalized spacial score (nSPS) is 21.6. The summed E-state index contributed by atoms with van der Waals surface area (Å²) in [6.45, 7) is 10.7. The maximum atomic E-state index is 12.4. The monoisotopic (exact) mass is 334 g/mol. The van der Waals surface area contributed by atoms with Crippen molar-refractivity contribution in [3.8, 4) is 0 Å². The predicted molar refractivity (Wildman–Crippen MR) is 91.8 cm³/mol. The van der Waals surface area contributed by atoms with E-state index in [0.717, 1.165) is 69.6 Å². The minimum Gasteiger partial charge on any atom is -0.425 e. The fraction of sp³-hybridized carbons (Fsp3) is 0.833. The number of nitrogens with zero attached hydrogens (tertiary/aromatic N) is 4. The summed E-state index contributed by atoms with van der Waals surface area (Å²) in [5.41, 5.74) is 0. The van der Waals surface area contributed by atoms with Crippen molar-refractivity contribution in [2.24, 2.45) is 5.92 Å². The van der Waals surface area contributed by atoms with Crippen LogP contribution in [0.2, 0.25) is 0 Å². The first-order valence-electron chi connectivity index (χ1n) is 9.36. The van der Waals surface area contributed by atoms with Crippen molar-refractivity contribution in [1.82, 2.24) is 20.0 Å². The number of piperidine rings is 2. The van der Waals surface area contributed by atoms with Gasteiger partial charge in [-0.15, -0.1) is 10.2 Å². The maximum absolute atomic E-state index is 12.4. The summed E-state index contributed by atoms with van der Waals surface area (Å²) in [5.74, 6) is 3.16. The highest BCUT2D eigenvalue weighted by molar-refractivity contribution is 5.78. The zero-order valence-corrected chi connectivity index (χ0v) is 15.2. The molecule has 1 aromatic heterocycles. The lowest BCUT2D eigenvalue weighted by molar-refractivity contribution is -0.134. The van der Waals surface area contributed by atoms with Gasteiger partial charge in [0.2, 0.25) is 17.7 Å². The summed E-state index contributed by atoms with van der Waals surface area (Å²) in [7, 11) is 0. The van der Waals surface area contributed by atoms with Gasteiger partial charge in [0, 0.05) is 24.9 Å². The van der Waals surface area contributed by atoms with E-state index in [1.54, 1.807) is 0 Å². The van der Waals surface area contributed by atoms with Crippen LogP contribution in [0.1, 0.15) is 70.1 Å². The summed E-state index contributed by atoms with van der Waals surface area (Å²) in [6.07, 6.45) is 4.26. The van der Waals surface area contributed by atoms with Gasteiger partial charge >= 0.3 is 0 Å². The number of hydrogen-bond acceptors (Lipinski definition) is 5. The molecule has 2 fully saturated rings. The lowest BCUT2D eigenvalue weighted by Crippen LogP contribution is -2.45. The van der Waals surface area contributed by atoms with Gasteiger partial charge < -0.3 is 9.32 Å². The molecular formula is C18H30N4O2. The second-order valence-corrected chi connectivity index (χ2v) is 7.75. The summed E-state index contributed by atoms with van der Waals surface area (Å²) in [6, 6.07) is 0. The Morgan fingerprint density at radius 3 is 2.38 bits per heavy atom. The van der Waals surface area contributed by atoms with Gasteiger partial charge in [-0.3, -0.25) is 9.69 Å². The van der Waals surface area contributed by atoms with Gasteiger partial charge in [0.05, 0.1) is 6.54 Å². The van der Waals surface area contributed by atoms with E-state index < -0.39 is 0 Å². The van der Waals surface area contributed by atoms with Crippen LogP contribution in [-0.2, 0) is 4.79 Å². The number of rotatable bonds is 4. The van der Waals surface area contributed by atoms with Crippen molar-refractivity contribution >= 4 is 5.91 Å². The molecule has 2 aliphatic heterocycles. The largest absolute Gasteiger partial charge is 0.425 e. The molecule has 0 spiro atoms. The van der Waals surface area contributed by atoms with Gasteiger partial charge in [-0.05, 0) is 44.7 Å². The Kier molecular flexibility index (Phi) is 5.54. The standard InChI is InChI=1S/C18H30N4O2/c1-13(2)17-19-20-18(24-17)15-6-8-21(9-7-15)12-16(23)22-10-4-14(3)5-11-22/h13-15H,4-12H2,1-3H3. The van der Waals surface area contributed by atoms with Crippen molar-refractivity contribution < 1.29 is 9.21 Å². The topological polar surface area (TPSA) is 62.5 Å². The van der Waals surface area contributed by atoms with E-state index in [0.29, 0.717) is 18.4 Å². The molecule has 24 heavy (non-hydrogen) atoms. The van der Waals surface area contributed by atoms with E-state index in [2.05, 4.69) is 35.9 Å². The number of amides is 1. The molecule has 134 valence electrons. The van der Waals surface area contributed by atoms with E-state index in [4.69, 9.17) is 4.42 Å². The SMILES string of the molecule is CC1CCN(C(=O)CN2CCC(c3nnc(C(C)C)o3)CC2)CC1. The van der Waals surface area contributed by atoms with E-state index in [1.165, 1.54) is 0 Å². The Hall–Kier alpha value is -1.43. The molecule has 2 aliphatic rings. The third-order valence-corrected chi connectivity index (χ3v) is 5.38. The molecule has 0 bridgehead atoms. The molecule has 0 radical (unpaired) electrons. The van der Waals surface area contributed by atoms with Crippen molar-refractivity contribution in [2.75, 3.05) is 32.7 Å². The van der Waals surface area contributed by atoms with Crippen LogP contribution in [0.4, 0.5) is 0 Å². The molecule has 1 aromatic rings. The second kappa shape index (κ2) is 7.64. The van der Waals surface area contributed by atoms with Crippen LogP contribution in [-0.4, -0.2) is 58.6 Å². The Morgan fingerprint density at radius 1 is 1.12 bits per heavy atom. The maximum Gasteiger partial charge on any atom is 0.236 e. The third kappa shape index (κ3) is 4.15. The molecule has 2 saturated heterocycles. The molecule has 0 N–H and O–H groups in total. The van der Waals surface area contributed by atoms with Gasteiger partial charge in [0.25, 0.3) is 0 Å². The molecule has 0 atom stereocenters. The highest BCUT2D eigenvalue weighted by atomic mass is 16.4. The molecule has 0 saturated carbocycles.